The van der Waals surface area contributed by atoms with Crippen LogP contribution in [-0.4, -0.2) is 11.1 Å². The third kappa shape index (κ3) is 3.16. The van der Waals surface area contributed by atoms with Crippen LogP contribution >= 0.6 is 0 Å². The molecule has 5 nitrogen and oxygen atoms in total. The van der Waals surface area contributed by atoms with E-state index in [1.54, 1.807) is 0 Å². The van der Waals surface area contributed by atoms with E-state index in [0.29, 0.717) is 18.0 Å². The smallest absolute Gasteiger partial charge is 0.335 e. The molecule has 0 aliphatic rings. The minimum atomic E-state index is -1.04. The lowest BCUT2D eigenvalue weighted by molar-refractivity contribution is 0.0696. The SMILES string of the molecule is N=Nc1ccc(C(=O)O)cc1OCc1ccccc1. The fourth-order valence-corrected chi connectivity index (χ4v) is 1.59. The molecule has 0 aromatic heterocycles. The second-order valence-electron chi connectivity index (χ2n) is 3.87. The Bertz CT molecular complexity index is 597. The van der Waals surface area contributed by atoms with Crippen molar-refractivity contribution in [1.82, 2.24) is 0 Å². The minimum absolute atomic E-state index is 0.107. The molecule has 19 heavy (non-hydrogen) atoms. The van der Waals surface area contributed by atoms with Crippen LogP contribution in [0.15, 0.2) is 53.6 Å². The fraction of sp³-hybridized carbons (Fsp3) is 0.0714. The van der Waals surface area contributed by atoms with Gasteiger partial charge in [0.1, 0.15) is 18.0 Å². The lowest BCUT2D eigenvalue weighted by atomic mass is 10.2. The standard InChI is InChI=1S/C14H12N2O3/c15-16-12-7-6-11(14(17)18)8-13(12)19-9-10-4-2-1-3-5-10/h1-8,15H,9H2,(H,17,18). The molecule has 0 spiro atoms. The van der Waals surface area contributed by atoms with Gasteiger partial charge in [-0.15, -0.1) is 0 Å². The van der Waals surface area contributed by atoms with Crippen LogP contribution in [0.2, 0.25) is 0 Å². The third-order valence-electron chi connectivity index (χ3n) is 2.56. The largest absolute Gasteiger partial charge is 0.487 e. The molecule has 0 aliphatic heterocycles. The summed E-state index contributed by atoms with van der Waals surface area (Å²) in [5.74, 6) is -0.750. The van der Waals surface area contributed by atoms with Gasteiger partial charge >= 0.3 is 5.97 Å². The first-order chi connectivity index (χ1) is 9.20. The Labute approximate surface area is 110 Å². The average molecular weight is 256 g/mol. The zero-order valence-electron chi connectivity index (χ0n) is 10.0. The summed E-state index contributed by atoms with van der Waals surface area (Å²) in [4.78, 5) is 10.9. The fourth-order valence-electron chi connectivity index (χ4n) is 1.59. The molecule has 0 amide bonds. The van der Waals surface area contributed by atoms with Crippen molar-refractivity contribution in [3.05, 3.63) is 59.7 Å². The van der Waals surface area contributed by atoms with Gasteiger partial charge in [-0.3, -0.25) is 0 Å². The first kappa shape index (κ1) is 12.8. The number of aromatic carboxylic acids is 1. The Morgan fingerprint density at radius 3 is 2.58 bits per heavy atom. The van der Waals surface area contributed by atoms with E-state index < -0.39 is 5.97 Å². The summed E-state index contributed by atoms with van der Waals surface area (Å²) in [6.45, 7) is 0.298. The van der Waals surface area contributed by atoms with Gasteiger partial charge < -0.3 is 9.84 Å². The molecule has 2 aromatic carbocycles. The third-order valence-corrected chi connectivity index (χ3v) is 2.56. The molecule has 2 aromatic rings. The highest BCUT2D eigenvalue weighted by Gasteiger charge is 2.09. The number of benzene rings is 2. The summed E-state index contributed by atoms with van der Waals surface area (Å²) in [6.07, 6.45) is 0. The molecule has 0 atom stereocenters. The predicted molar refractivity (Wildman–Crippen MR) is 69.0 cm³/mol. The number of carboxylic acids is 1. The van der Waals surface area contributed by atoms with Crippen LogP contribution in [0.4, 0.5) is 5.69 Å². The maximum Gasteiger partial charge on any atom is 0.335 e. The van der Waals surface area contributed by atoms with Gasteiger partial charge in [0.15, 0.2) is 0 Å². The normalized spacial score (nSPS) is 9.89. The van der Waals surface area contributed by atoms with Crippen molar-refractivity contribution in [3.63, 3.8) is 0 Å². The molecule has 0 aliphatic carbocycles. The maximum absolute atomic E-state index is 10.9. The lowest BCUT2D eigenvalue weighted by Crippen LogP contribution is -1.99. The molecule has 0 fully saturated rings. The van der Waals surface area contributed by atoms with Gasteiger partial charge in [0, 0.05) is 0 Å². The maximum atomic E-state index is 10.9. The van der Waals surface area contributed by atoms with E-state index in [1.165, 1.54) is 18.2 Å². The molecule has 2 N–H and O–H groups in total. The Morgan fingerprint density at radius 1 is 1.21 bits per heavy atom. The summed E-state index contributed by atoms with van der Waals surface area (Å²) in [6, 6.07) is 13.7. The quantitative estimate of drug-likeness (QED) is 0.801. The topological polar surface area (TPSA) is 82.7 Å². The van der Waals surface area contributed by atoms with Crippen molar-refractivity contribution < 1.29 is 14.6 Å². The molecule has 0 saturated carbocycles. The van der Waals surface area contributed by atoms with Crippen molar-refractivity contribution in [3.8, 4) is 5.75 Å². The summed E-state index contributed by atoms with van der Waals surface area (Å²) in [5.41, 5.74) is 8.41. The van der Waals surface area contributed by atoms with Crippen LogP contribution in [-0.2, 0) is 6.61 Å². The second-order valence-corrected chi connectivity index (χ2v) is 3.87. The number of ether oxygens (including phenoxy) is 1. The van der Waals surface area contributed by atoms with E-state index >= 15 is 0 Å². The predicted octanol–water partition coefficient (Wildman–Crippen LogP) is 3.63. The highest BCUT2D eigenvalue weighted by atomic mass is 16.5. The first-order valence-electron chi connectivity index (χ1n) is 5.62. The lowest BCUT2D eigenvalue weighted by Gasteiger charge is -2.09. The van der Waals surface area contributed by atoms with Crippen molar-refractivity contribution >= 4 is 11.7 Å². The zero-order valence-corrected chi connectivity index (χ0v) is 10.0. The van der Waals surface area contributed by atoms with Crippen molar-refractivity contribution in [1.29, 1.82) is 5.53 Å². The monoisotopic (exact) mass is 256 g/mol. The van der Waals surface area contributed by atoms with Crippen molar-refractivity contribution in [2.75, 3.05) is 0 Å². The number of carbonyl (C=O) groups is 1. The highest BCUT2D eigenvalue weighted by molar-refractivity contribution is 5.88. The summed E-state index contributed by atoms with van der Waals surface area (Å²) in [7, 11) is 0. The Balaban J connectivity index is 2.20. The van der Waals surface area contributed by atoms with Gasteiger partial charge in [-0.1, -0.05) is 30.3 Å². The molecular formula is C14H12N2O3. The first-order valence-corrected chi connectivity index (χ1v) is 5.62. The van der Waals surface area contributed by atoms with E-state index in [4.69, 9.17) is 15.4 Å². The Hall–Kier alpha value is -2.69. The van der Waals surface area contributed by atoms with Crippen LogP contribution in [0.5, 0.6) is 5.75 Å². The molecule has 0 unspecified atom stereocenters. The van der Waals surface area contributed by atoms with Gasteiger partial charge in [-0.2, -0.15) is 5.11 Å². The summed E-state index contributed by atoms with van der Waals surface area (Å²) >= 11 is 0. The summed E-state index contributed by atoms with van der Waals surface area (Å²) < 4.78 is 5.53. The van der Waals surface area contributed by atoms with Crippen LogP contribution in [0.1, 0.15) is 15.9 Å². The number of rotatable bonds is 5. The zero-order chi connectivity index (χ0) is 13.7. The molecular weight excluding hydrogens is 244 g/mol. The van der Waals surface area contributed by atoms with E-state index in [2.05, 4.69) is 5.11 Å². The Kier molecular flexibility index (Phi) is 3.87. The number of carboxylic acid groups (broad SMARTS) is 1. The highest BCUT2D eigenvalue weighted by Crippen LogP contribution is 2.29. The van der Waals surface area contributed by atoms with Gasteiger partial charge in [0.2, 0.25) is 0 Å². The Morgan fingerprint density at radius 2 is 1.95 bits per heavy atom. The molecule has 2 rings (SSSR count). The number of nitrogens with zero attached hydrogens (tertiary/aromatic N) is 1. The van der Waals surface area contributed by atoms with Gasteiger partial charge in [-0.25, -0.2) is 10.3 Å². The van der Waals surface area contributed by atoms with Crippen LogP contribution in [0.25, 0.3) is 0 Å². The number of hydrogen-bond acceptors (Lipinski definition) is 4. The van der Waals surface area contributed by atoms with E-state index in [0.717, 1.165) is 5.56 Å². The molecule has 96 valence electrons. The molecule has 5 heteroatoms. The molecule has 0 heterocycles. The molecule has 0 radical (unpaired) electrons. The van der Waals surface area contributed by atoms with Crippen LogP contribution in [0.3, 0.4) is 0 Å². The van der Waals surface area contributed by atoms with Gasteiger partial charge in [-0.05, 0) is 23.8 Å². The van der Waals surface area contributed by atoms with E-state index in [9.17, 15) is 4.79 Å². The van der Waals surface area contributed by atoms with Crippen LogP contribution < -0.4 is 4.74 Å². The average Bonchev–Trinajstić information content (AvgIpc) is 2.45. The molecule has 0 saturated heterocycles. The van der Waals surface area contributed by atoms with Crippen molar-refractivity contribution in [2.24, 2.45) is 5.11 Å². The van der Waals surface area contributed by atoms with Gasteiger partial charge in [0.05, 0.1) is 5.56 Å². The number of nitrogens with one attached hydrogen (secondary N) is 1. The second kappa shape index (κ2) is 5.77. The van der Waals surface area contributed by atoms with Crippen LogP contribution in [0, 0.1) is 5.53 Å². The van der Waals surface area contributed by atoms with E-state index in [-0.39, 0.29) is 5.56 Å². The minimum Gasteiger partial charge on any atom is -0.487 e. The van der Waals surface area contributed by atoms with Crippen molar-refractivity contribution in [2.45, 2.75) is 6.61 Å². The summed E-state index contributed by atoms with van der Waals surface area (Å²) in [5, 5.41) is 12.2. The van der Waals surface area contributed by atoms with E-state index in [1.807, 2.05) is 30.3 Å². The van der Waals surface area contributed by atoms with Gasteiger partial charge in [0.25, 0.3) is 0 Å². The number of hydrogen-bond donors (Lipinski definition) is 2. The molecule has 0 bridgehead atoms.